The van der Waals surface area contributed by atoms with Gasteiger partial charge in [-0.25, -0.2) is 0 Å². The normalized spacial score (nSPS) is 12.6. The monoisotopic (exact) mass is 252 g/mol. The molecule has 0 saturated heterocycles. The van der Waals surface area contributed by atoms with Crippen molar-refractivity contribution in [1.82, 2.24) is 4.90 Å². The van der Waals surface area contributed by atoms with E-state index in [-0.39, 0.29) is 6.04 Å². The molecular formula is C14H24N2O2. The Morgan fingerprint density at radius 2 is 2.00 bits per heavy atom. The number of nitrogens with zero attached hydrogens (tertiary/aromatic N) is 1. The van der Waals surface area contributed by atoms with E-state index in [0.717, 1.165) is 36.6 Å². The molecule has 0 aromatic heterocycles. The van der Waals surface area contributed by atoms with Gasteiger partial charge in [-0.05, 0) is 45.1 Å². The lowest BCUT2D eigenvalue weighted by atomic mass is 10.1. The van der Waals surface area contributed by atoms with Gasteiger partial charge in [0, 0.05) is 18.2 Å². The van der Waals surface area contributed by atoms with E-state index >= 15 is 0 Å². The van der Waals surface area contributed by atoms with Crippen LogP contribution in [0.3, 0.4) is 0 Å². The lowest BCUT2D eigenvalue weighted by molar-refractivity contribution is 0.305. The van der Waals surface area contributed by atoms with Crippen LogP contribution in [0.2, 0.25) is 0 Å². The average Bonchev–Trinajstić information content (AvgIpc) is 2.36. The standard InChI is InChI=1S/C14H24N2O2/c1-11(15)7-8-16(2)10-12-9-13(17-3)5-6-14(12)18-4/h5-6,9,11H,7-8,10,15H2,1-4H3. The minimum atomic E-state index is 0.236. The highest BCUT2D eigenvalue weighted by Crippen LogP contribution is 2.24. The first kappa shape index (κ1) is 14.8. The Hall–Kier alpha value is -1.26. The van der Waals surface area contributed by atoms with Crippen LogP contribution < -0.4 is 15.2 Å². The van der Waals surface area contributed by atoms with Gasteiger partial charge in [0.25, 0.3) is 0 Å². The smallest absolute Gasteiger partial charge is 0.123 e. The molecule has 0 heterocycles. The van der Waals surface area contributed by atoms with Crippen molar-refractivity contribution in [1.29, 1.82) is 0 Å². The second kappa shape index (κ2) is 7.24. The SMILES string of the molecule is COc1ccc(OC)c(CN(C)CCC(C)N)c1. The highest BCUT2D eigenvalue weighted by molar-refractivity contribution is 5.40. The second-order valence-electron chi connectivity index (χ2n) is 4.68. The Morgan fingerprint density at radius 3 is 2.56 bits per heavy atom. The molecule has 1 unspecified atom stereocenters. The maximum Gasteiger partial charge on any atom is 0.123 e. The van der Waals surface area contributed by atoms with Gasteiger partial charge in [-0.15, -0.1) is 0 Å². The third kappa shape index (κ3) is 4.55. The zero-order valence-electron chi connectivity index (χ0n) is 11.8. The molecule has 1 rings (SSSR count). The van der Waals surface area contributed by atoms with Gasteiger partial charge in [-0.3, -0.25) is 0 Å². The van der Waals surface area contributed by atoms with Crippen LogP contribution >= 0.6 is 0 Å². The molecule has 0 fully saturated rings. The van der Waals surface area contributed by atoms with Crippen molar-refractivity contribution in [3.05, 3.63) is 23.8 Å². The van der Waals surface area contributed by atoms with Crippen molar-refractivity contribution in [3.8, 4) is 11.5 Å². The summed E-state index contributed by atoms with van der Waals surface area (Å²) in [5, 5.41) is 0. The van der Waals surface area contributed by atoms with Gasteiger partial charge < -0.3 is 20.1 Å². The fraction of sp³-hybridized carbons (Fsp3) is 0.571. The van der Waals surface area contributed by atoms with E-state index in [1.54, 1.807) is 14.2 Å². The molecule has 1 aromatic rings. The van der Waals surface area contributed by atoms with E-state index in [2.05, 4.69) is 11.9 Å². The van der Waals surface area contributed by atoms with Crippen LogP contribution in [0.15, 0.2) is 18.2 Å². The van der Waals surface area contributed by atoms with Gasteiger partial charge in [0.15, 0.2) is 0 Å². The van der Waals surface area contributed by atoms with Crippen LogP contribution in [0.4, 0.5) is 0 Å². The third-order valence-electron chi connectivity index (χ3n) is 2.89. The first-order valence-electron chi connectivity index (χ1n) is 6.21. The highest BCUT2D eigenvalue weighted by Gasteiger charge is 2.08. The first-order chi connectivity index (χ1) is 8.56. The fourth-order valence-electron chi connectivity index (χ4n) is 1.80. The van der Waals surface area contributed by atoms with Crippen molar-refractivity contribution in [2.24, 2.45) is 5.73 Å². The van der Waals surface area contributed by atoms with Crippen molar-refractivity contribution in [2.75, 3.05) is 27.8 Å². The summed E-state index contributed by atoms with van der Waals surface area (Å²) in [5.41, 5.74) is 6.89. The molecule has 102 valence electrons. The molecule has 0 bridgehead atoms. The quantitative estimate of drug-likeness (QED) is 0.805. The molecule has 18 heavy (non-hydrogen) atoms. The van der Waals surface area contributed by atoms with Gasteiger partial charge in [0.05, 0.1) is 14.2 Å². The number of nitrogens with two attached hydrogens (primary N) is 1. The predicted octanol–water partition coefficient (Wildman–Crippen LogP) is 1.87. The zero-order chi connectivity index (χ0) is 13.5. The number of methoxy groups -OCH3 is 2. The van der Waals surface area contributed by atoms with Crippen molar-refractivity contribution < 1.29 is 9.47 Å². The summed E-state index contributed by atoms with van der Waals surface area (Å²) in [6, 6.07) is 6.10. The molecular weight excluding hydrogens is 228 g/mol. The molecule has 4 heteroatoms. The summed E-state index contributed by atoms with van der Waals surface area (Å²) < 4.78 is 10.6. The lowest BCUT2D eigenvalue weighted by Gasteiger charge is -2.19. The molecule has 0 spiro atoms. The number of benzene rings is 1. The molecule has 0 radical (unpaired) electrons. The van der Waals surface area contributed by atoms with Crippen LogP contribution in [0.5, 0.6) is 11.5 Å². The van der Waals surface area contributed by atoms with Crippen LogP contribution in [-0.4, -0.2) is 38.8 Å². The number of hydrogen-bond acceptors (Lipinski definition) is 4. The van der Waals surface area contributed by atoms with E-state index in [1.165, 1.54) is 0 Å². The summed E-state index contributed by atoms with van der Waals surface area (Å²) in [7, 11) is 5.44. The first-order valence-corrected chi connectivity index (χ1v) is 6.21. The molecule has 2 N–H and O–H groups in total. The Balaban J connectivity index is 2.69. The van der Waals surface area contributed by atoms with Crippen LogP contribution in [0.1, 0.15) is 18.9 Å². The molecule has 0 aliphatic heterocycles. The third-order valence-corrected chi connectivity index (χ3v) is 2.89. The number of ether oxygens (including phenoxy) is 2. The van der Waals surface area contributed by atoms with Crippen molar-refractivity contribution >= 4 is 0 Å². The maximum atomic E-state index is 5.76. The summed E-state index contributed by atoms with van der Waals surface area (Å²) in [6.07, 6.45) is 0.989. The zero-order valence-corrected chi connectivity index (χ0v) is 11.8. The summed E-state index contributed by atoms with van der Waals surface area (Å²) in [6.45, 7) is 3.82. The maximum absolute atomic E-state index is 5.76. The van der Waals surface area contributed by atoms with Gasteiger partial charge in [0.2, 0.25) is 0 Å². The predicted molar refractivity (Wildman–Crippen MR) is 74.1 cm³/mol. The topological polar surface area (TPSA) is 47.7 Å². The Bertz CT molecular complexity index is 367. The van der Waals surface area contributed by atoms with Gasteiger partial charge in [-0.1, -0.05) is 0 Å². The molecule has 0 amide bonds. The van der Waals surface area contributed by atoms with Crippen molar-refractivity contribution in [2.45, 2.75) is 25.9 Å². The van der Waals surface area contributed by atoms with Gasteiger partial charge in [-0.2, -0.15) is 0 Å². The lowest BCUT2D eigenvalue weighted by Crippen LogP contribution is -2.25. The van der Waals surface area contributed by atoms with E-state index < -0.39 is 0 Å². The second-order valence-corrected chi connectivity index (χ2v) is 4.68. The van der Waals surface area contributed by atoms with E-state index in [1.807, 2.05) is 25.1 Å². The minimum absolute atomic E-state index is 0.236. The average molecular weight is 252 g/mol. The molecule has 4 nitrogen and oxygen atoms in total. The van der Waals surface area contributed by atoms with Gasteiger partial charge >= 0.3 is 0 Å². The van der Waals surface area contributed by atoms with Gasteiger partial charge in [0.1, 0.15) is 11.5 Å². The molecule has 0 aliphatic rings. The molecule has 0 aliphatic carbocycles. The van der Waals surface area contributed by atoms with Crippen LogP contribution in [0.25, 0.3) is 0 Å². The van der Waals surface area contributed by atoms with E-state index in [4.69, 9.17) is 15.2 Å². The van der Waals surface area contributed by atoms with Crippen LogP contribution in [-0.2, 0) is 6.54 Å². The number of rotatable bonds is 7. The molecule has 0 saturated carbocycles. The number of hydrogen-bond donors (Lipinski definition) is 1. The van der Waals surface area contributed by atoms with Crippen LogP contribution in [0, 0.1) is 0 Å². The molecule has 1 atom stereocenters. The van der Waals surface area contributed by atoms with Crippen molar-refractivity contribution in [3.63, 3.8) is 0 Å². The Labute approximate surface area is 110 Å². The Morgan fingerprint density at radius 1 is 1.28 bits per heavy atom. The highest BCUT2D eigenvalue weighted by atomic mass is 16.5. The summed E-state index contributed by atoms with van der Waals surface area (Å²) >= 11 is 0. The molecule has 1 aromatic carbocycles. The summed E-state index contributed by atoms with van der Waals surface area (Å²) in [4.78, 5) is 2.24. The van der Waals surface area contributed by atoms with E-state index in [9.17, 15) is 0 Å². The Kier molecular flexibility index (Phi) is 5.95. The van der Waals surface area contributed by atoms with E-state index in [0.29, 0.717) is 0 Å². The largest absolute Gasteiger partial charge is 0.497 e. The fourth-order valence-corrected chi connectivity index (χ4v) is 1.80. The summed E-state index contributed by atoms with van der Waals surface area (Å²) in [5.74, 6) is 1.75. The minimum Gasteiger partial charge on any atom is -0.497 e.